The highest BCUT2D eigenvalue weighted by Gasteiger charge is 2.56. The van der Waals surface area contributed by atoms with Crippen molar-refractivity contribution in [3.63, 3.8) is 0 Å². The summed E-state index contributed by atoms with van der Waals surface area (Å²) in [6.45, 7) is 6.45. The zero-order valence-electron chi connectivity index (χ0n) is 25.1. The normalized spacial score (nSPS) is 18.2. The van der Waals surface area contributed by atoms with Crippen LogP contribution in [0.1, 0.15) is 57.1 Å². The molecule has 0 aliphatic carbocycles. The van der Waals surface area contributed by atoms with Gasteiger partial charge in [0.2, 0.25) is 5.91 Å². The summed E-state index contributed by atoms with van der Waals surface area (Å²) in [6.07, 6.45) is 2.75. The van der Waals surface area contributed by atoms with Crippen molar-refractivity contribution in [3.8, 4) is 0 Å². The monoisotopic (exact) mass is 613 g/mol. The van der Waals surface area contributed by atoms with E-state index in [1.807, 2.05) is 51.1 Å². The van der Waals surface area contributed by atoms with Gasteiger partial charge in [-0.2, -0.15) is 5.01 Å². The number of amides is 4. The molecule has 1 spiro atoms. The molecule has 234 valence electrons. The van der Waals surface area contributed by atoms with E-state index in [0.29, 0.717) is 51.6 Å². The second-order valence-electron chi connectivity index (χ2n) is 12.1. The van der Waals surface area contributed by atoms with Gasteiger partial charge in [-0.05, 0) is 88.1 Å². The van der Waals surface area contributed by atoms with Crippen molar-refractivity contribution in [2.45, 2.75) is 69.7 Å². The molecule has 12 heteroatoms. The van der Waals surface area contributed by atoms with E-state index in [-0.39, 0.29) is 17.4 Å². The third kappa shape index (κ3) is 7.43. The van der Waals surface area contributed by atoms with E-state index in [0.717, 1.165) is 20.6 Å². The van der Waals surface area contributed by atoms with Gasteiger partial charge in [0, 0.05) is 12.5 Å². The van der Waals surface area contributed by atoms with E-state index in [9.17, 15) is 28.0 Å². The van der Waals surface area contributed by atoms with Gasteiger partial charge in [-0.3, -0.25) is 14.8 Å². The number of hydrogen-bond acceptors (Lipinski definition) is 7. The average molecular weight is 614 g/mol. The number of carbonyl (C=O) groups excluding carboxylic acids is 3. The summed E-state index contributed by atoms with van der Waals surface area (Å²) < 4.78 is 29.4. The quantitative estimate of drug-likeness (QED) is 0.154. The lowest BCUT2D eigenvalue weighted by atomic mass is 9.81. The number of hydrazine groups is 1. The lowest BCUT2D eigenvalue weighted by Crippen LogP contribution is -2.56. The molecule has 43 heavy (non-hydrogen) atoms. The van der Waals surface area contributed by atoms with E-state index in [1.165, 1.54) is 12.1 Å². The molecule has 2 aromatic carbocycles. The largest absolute Gasteiger partial charge is 0.340 e. The topological polar surface area (TPSA) is 148 Å². The Balaban J connectivity index is 1.72. The van der Waals surface area contributed by atoms with Gasteiger partial charge in [0.1, 0.15) is 5.54 Å². The van der Waals surface area contributed by atoms with Crippen molar-refractivity contribution in [1.82, 2.24) is 25.5 Å². The molecule has 4 amide bonds. The molecule has 2 aliphatic rings. The molecule has 0 radical (unpaired) electrons. The van der Waals surface area contributed by atoms with Crippen molar-refractivity contribution >= 4 is 27.9 Å². The maximum absolute atomic E-state index is 14.3. The number of benzene rings is 2. The molecule has 4 rings (SSSR count). The van der Waals surface area contributed by atoms with E-state index >= 15 is 0 Å². The van der Waals surface area contributed by atoms with Crippen molar-refractivity contribution in [3.05, 3.63) is 65.7 Å². The van der Waals surface area contributed by atoms with Gasteiger partial charge in [-0.25, -0.2) is 18.7 Å². The van der Waals surface area contributed by atoms with Crippen LogP contribution in [0, 0.1) is 24.7 Å². The summed E-state index contributed by atoms with van der Waals surface area (Å²) >= 11 is 0. The summed E-state index contributed by atoms with van der Waals surface area (Å²) in [7, 11) is -4.41. The number of hydrogen-bond donors (Lipinski definition) is 4. The summed E-state index contributed by atoms with van der Waals surface area (Å²) in [5.74, 6) is -2.59. The Morgan fingerprint density at radius 2 is 1.72 bits per heavy atom. The summed E-state index contributed by atoms with van der Waals surface area (Å²) in [5.41, 5.74) is 2.53. The fourth-order valence-corrected chi connectivity index (χ4v) is 7.60. The van der Waals surface area contributed by atoms with Crippen molar-refractivity contribution in [2.75, 3.05) is 19.6 Å². The zero-order chi connectivity index (χ0) is 31.2. The number of hydroxylamine groups is 1. The second kappa shape index (κ2) is 14.0. The first-order valence-corrected chi connectivity index (χ1v) is 16.4. The number of imide groups is 1. The third-order valence-corrected chi connectivity index (χ3v) is 10.2. The van der Waals surface area contributed by atoms with Crippen molar-refractivity contribution in [1.29, 1.82) is 0 Å². The maximum Gasteiger partial charge on any atom is 0.340 e. The molecular weight excluding hydrogens is 570 g/mol. The van der Waals surface area contributed by atoms with Gasteiger partial charge in [-0.15, -0.1) is 0 Å². The average Bonchev–Trinajstić information content (AvgIpc) is 3.21. The molecule has 2 saturated heterocycles. The summed E-state index contributed by atoms with van der Waals surface area (Å²) in [4.78, 5) is 40.5. The van der Waals surface area contributed by atoms with Gasteiger partial charge in [0.05, 0.1) is 4.90 Å². The molecule has 2 fully saturated rings. The fourth-order valence-electron chi connectivity index (χ4n) is 6.13. The van der Waals surface area contributed by atoms with E-state index in [4.69, 9.17) is 0 Å². The van der Waals surface area contributed by atoms with E-state index < -0.39 is 45.2 Å². The van der Waals surface area contributed by atoms with Crippen LogP contribution in [0.4, 0.5) is 4.79 Å². The maximum atomic E-state index is 14.3. The molecule has 0 aromatic heterocycles. The Bertz CT molecular complexity index is 1380. The first-order valence-electron chi connectivity index (χ1n) is 14.9. The third-order valence-electron chi connectivity index (χ3n) is 8.42. The molecule has 2 heterocycles. The van der Waals surface area contributed by atoms with Crippen LogP contribution in [0.25, 0.3) is 0 Å². The number of nitrogens with zero attached hydrogens (tertiary/aromatic N) is 2. The summed E-state index contributed by atoms with van der Waals surface area (Å²) in [6, 6.07) is 15.2. The molecule has 11 nitrogen and oxygen atoms in total. The van der Waals surface area contributed by atoms with E-state index in [1.54, 1.807) is 17.6 Å². The highest BCUT2D eigenvalue weighted by Crippen LogP contribution is 2.34. The van der Waals surface area contributed by atoms with Crippen LogP contribution in [0.3, 0.4) is 0 Å². The van der Waals surface area contributed by atoms with Crippen LogP contribution in [0.5, 0.6) is 0 Å². The zero-order valence-corrected chi connectivity index (χ0v) is 25.9. The van der Waals surface area contributed by atoms with Gasteiger partial charge >= 0.3 is 6.03 Å². The number of rotatable bonds is 13. The number of nitrogens with one attached hydrogen (secondary N) is 3. The standard InChI is InChI=1S/C31H43N5O6S/c1-22(2)20-25(27(28(37)34-40)11-7-10-24-8-5-4-6-9-24)21-35(43(41,42)26-14-12-23(3)13-15-26)36-29(38)31(33-30(36)39)16-18-32-19-17-31/h4-6,8-9,12-15,22,25,27,32,40H,7,10-11,16-21H2,1-3H3,(H,33,39)(H,34,37)/t25-,27-/m0/s1. The Hall–Kier alpha value is -3.32. The lowest BCUT2D eigenvalue weighted by Gasteiger charge is -2.36. The van der Waals surface area contributed by atoms with Crippen molar-refractivity contribution < 1.29 is 28.0 Å². The SMILES string of the molecule is Cc1ccc(S(=O)(=O)N(C[C@H](CC(C)C)[C@H](CCCc2ccccc2)C(=O)NO)N2C(=O)NC3(CCNCC3)C2=O)cc1. The molecule has 0 bridgehead atoms. The van der Waals surface area contributed by atoms with Crippen LogP contribution >= 0.6 is 0 Å². The van der Waals surface area contributed by atoms with E-state index in [2.05, 4.69) is 10.6 Å². The number of aryl methyl sites for hydroxylation is 2. The highest BCUT2D eigenvalue weighted by atomic mass is 32.2. The fraction of sp³-hybridized carbons (Fsp3) is 0.516. The second-order valence-corrected chi connectivity index (χ2v) is 13.9. The van der Waals surface area contributed by atoms with Crippen molar-refractivity contribution in [2.24, 2.45) is 17.8 Å². The number of urea groups is 1. The van der Waals surface area contributed by atoms with Crippen LogP contribution in [0.15, 0.2) is 59.5 Å². The molecule has 2 aliphatic heterocycles. The van der Waals surface area contributed by atoms with Gasteiger partial charge in [0.15, 0.2) is 0 Å². The molecule has 0 saturated carbocycles. The minimum Gasteiger partial charge on any atom is -0.322 e. The van der Waals surface area contributed by atoms with Gasteiger partial charge < -0.3 is 10.6 Å². The lowest BCUT2D eigenvalue weighted by molar-refractivity contribution is -0.140. The predicted molar refractivity (Wildman–Crippen MR) is 161 cm³/mol. The molecular formula is C31H43N5O6S. The highest BCUT2D eigenvalue weighted by molar-refractivity contribution is 7.89. The Labute approximate surface area is 254 Å². The van der Waals surface area contributed by atoms with Gasteiger partial charge in [-0.1, -0.05) is 66.3 Å². The molecule has 2 atom stereocenters. The predicted octanol–water partition coefficient (Wildman–Crippen LogP) is 3.38. The Kier molecular flexibility index (Phi) is 10.6. The molecule has 0 unspecified atom stereocenters. The molecule has 2 aromatic rings. The minimum absolute atomic E-state index is 0.0518. The van der Waals surface area contributed by atoms with Crippen LogP contribution < -0.4 is 16.1 Å². The smallest absolute Gasteiger partial charge is 0.322 e. The first kappa shape index (κ1) is 32.6. The number of sulfonamides is 1. The minimum atomic E-state index is -4.41. The van der Waals surface area contributed by atoms with Crippen LogP contribution in [-0.4, -0.2) is 66.1 Å². The number of piperidine rings is 1. The van der Waals surface area contributed by atoms with Gasteiger partial charge in [0.25, 0.3) is 15.9 Å². The number of carbonyl (C=O) groups is 3. The Morgan fingerprint density at radius 1 is 1.07 bits per heavy atom. The summed E-state index contributed by atoms with van der Waals surface area (Å²) in [5, 5.41) is 16.4. The molecule has 4 N–H and O–H groups in total. The van der Waals surface area contributed by atoms with Crippen LogP contribution in [0.2, 0.25) is 0 Å². The Morgan fingerprint density at radius 3 is 2.33 bits per heavy atom. The van der Waals surface area contributed by atoms with Crippen LogP contribution in [-0.2, 0) is 26.0 Å². The first-order chi connectivity index (χ1) is 20.5.